The lowest BCUT2D eigenvalue weighted by atomic mass is 9.74. The van der Waals surface area contributed by atoms with Crippen LogP contribution in [0.4, 0.5) is 15.8 Å². The molecule has 0 saturated heterocycles. The van der Waals surface area contributed by atoms with Gasteiger partial charge >= 0.3 is 0 Å². The van der Waals surface area contributed by atoms with Gasteiger partial charge < -0.3 is 10.6 Å². The normalized spacial score (nSPS) is 20.4. The molecule has 0 bridgehead atoms. The van der Waals surface area contributed by atoms with Crippen LogP contribution < -0.4 is 10.6 Å². The van der Waals surface area contributed by atoms with E-state index < -0.39 is 16.8 Å². The zero-order valence-corrected chi connectivity index (χ0v) is 11.6. The van der Waals surface area contributed by atoms with E-state index in [9.17, 15) is 9.18 Å². The quantitative estimate of drug-likeness (QED) is 0.756. The van der Waals surface area contributed by atoms with Gasteiger partial charge in [-0.1, -0.05) is 11.6 Å². The smallest absolute Gasteiger partial charge is 0.232 e. The molecule has 0 atom stereocenters. The van der Waals surface area contributed by atoms with Gasteiger partial charge in [-0.15, -0.1) is 0 Å². The molecule has 1 aliphatic heterocycles. The Labute approximate surface area is 111 Å². The molecule has 3 nitrogen and oxygen atoms in total. The van der Waals surface area contributed by atoms with Crippen molar-refractivity contribution in [3.8, 4) is 0 Å². The molecule has 0 spiro atoms. The topological polar surface area (TPSA) is 41.1 Å². The van der Waals surface area contributed by atoms with Gasteiger partial charge in [0.1, 0.15) is 5.82 Å². The van der Waals surface area contributed by atoms with E-state index in [1.807, 2.05) is 27.7 Å². The maximum absolute atomic E-state index is 13.5. The van der Waals surface area contributed by atoms with E-state index in [1.165, 1.54) is 12.1 Å². The number of anilines is 2. The lowest BCUT2D eigenvalue weighted by Crippen LogP contribution is -2.50. The van der Waals surface area contributed by atoms with Crippen LogP contribution in [0.25, 0.3) is 0 Å². The molecule has 5 heteroatoms. The Hall–Kier alpha value is -1.29. The maximum Gasteiger partial charge on any atom is 0.232 e. The minimum Gasteiger partial charge on any atom is -0.377 e. The number of rotatable bonds is 0. The predicted molar refractivity (Wildman–Crippen MR) is 71.5 cm³/mol. The van der Waals surface area contributed by atoms with Gasteiger partial charge in [-0.2, -0.15) is 0 Å². The van der Waals surface area contributed by atoms with Crippen LogP contribution in [0.1, 0.15) is 27.7 Å². The molecule has 0 radical (unpaired) electrons. The van der Waals surface area contributed by atoms with Crippen molar-refractivity contribution < 1.29 is 9.18 Å². The molecular weight excluding hydrogens is 255 g/mol. The Balaban J connectivity index is 2.59. The van der Waals surface area contributed by atoms with E-state index in [2.05, 4.69) is 10.6 Å². The number of carbonyl (C=O) groups excluding carboxylic acids is 1. The molecule has 2 rings (SSSR count). The number of carbonyl (C=O) groups is 1. The van der Waals surface area contributed by atoms with Crippen molar-refractivity contribution in [2.75, 3.05) is 10.6 Å². The number of benzene rings is 1. The lowest BCUT2D eigenvalue weighted by molar-refractivity contribution is -0.126. The standard InChI is InChI=1S/C13H16ClFN2O/c1-12(2)11(18)16-9-5-7(14)8(15)6-10(9)17-13(12,3)4/h5-6,17H,1-4H3,(H,16,18). The van der Waals surface area contributed by atoms with E-state index in [0.29, 0.717) is 11.4 Å². The van der Waals surface area contributed by atoms with Crippen molar-refractivity contribution >= 4 is 28.9 Å². The second-order valence-electron chi connectivity index (χ2n) is 5.64. The summed E-state index contributed by atoms with van der Waals surface area (Å²) in [5, 5.41) is 5.98. The third-order valence-corrected chi connectivity index (χ3v) is 4.18. The molecule has 18 heavy (non-hydrogen) atoms. The number of fused-ring (bicyclic) bond motifs is 1. The molecule has 1 aromatic rings. The summed E-state index contributed by atoms with van der Waals surface area (Å²) in [6, 6.07) is 2.73. The Morgan fingerprint density at radius 1 is 1.17 bits per heavy atom. The van der Waals surface area contributed by atoms with Crippen molar-refractivity contribution in [3.05, 3.63) is 23.0 Å². The number of hydrogen-bond acceptors (Lipinski definition) is 2. The molecule has 0 aromatic heterocycles. The minimum absolute atomic E-state index is 0.00615. The molecule has 98 valence electrons. The first-order valence-electron chi connectivity index (χ1n) is 5.74. The Bertz CT molecular complexity index is 526. The maximum atomic E-state index is 13.5. The zero-order chi connectivity index (χ0) is 13.7. The van der Waals surface area contributed by atoms with Crippen LogP contribution in [-0.4, -0.2) is 11.4 Å². The van der Waals surface area contributed by atoms with Crippen molar-refractivity contribution in [2.24, 2.45) is 5.41 Å². The summed E-state index contributed by atoms with van der Waals surface area (Å²) in [7, 11) is 0. The zero-order valence-electron chi connectivity index (χ0n) is 10.8. The molecule has 1 aliphatic rings. The number of halogens is 2. The summed E-state index contributed by atoms with van der Waals surface area (Å²) in [5.74, 6) is -0.630. The molecule has 0 fully saturated rings. The van der Waals surface area contributed by atoms with Crippen LogP contribution in [0.15, 0.2) is 12.1 Å². The van der Waals surface area contributed by atoms with Gasteiger partial charge in [-0.25, -0.2) is 4.39 Å². The van der Waals surface area contributed by atoms with Crippen LogP contribution in [0, 0.1) is 11.2 Å². The van der Waals surface area contributed by atoms with E-state index in [1.54, 1.807) is 0 Å². The average Bonchev–Trinajstić information content (AvgIpc) is 2.28. The highest BCUT2D eigenvalue weighted by molar-refractivity contribution is 6.31. The lowest BCUT2D eigenvalue weighted by Gasteiger charge is -2.39. The average molecular weight is 271 g/mol. The minimum atomic E-state index is -0.644. The van der Waals surface area contributed by atoms with Crippen LogP contribution in [-0.2, 0) is 4.79 Å². The molecule has 1 heterocycles. The van der Waals surface area contributed by atoms with E-state index in [-0.39, 0.29) is 10.9 Å². The van der Waals surface area contributed by atoms with Crippen molar-refractivity contribution in [2.45, 2.75) is 33.2 Å². The highest BCUT2D eigenvalue weighted by atomic mass is 35.5. The first kappa shape index (κ1) is 13.1. The molecule has 0 saturated carbocycles. The van der Waals surface area contributed by atoms with E-state index in [4.69, 9.17) is 11.6 Å². The van der Waals surface area contributed by atoms with Gasteiger partial charge in [-0.05, 0) is 33.8 Å². The molecular formula is C13H16ClFN2O. The van der Waals surface area contributed by atoms with Gasteiger partial charge in [0.25, 0.3) is 0 Å². The van der Waals surface area contributed by atoms with Crippen molar-refractivity contribution in [1.82, 2.24) is 0 Å². The van der Waals surface area contributed by atoms with Crippen LogP contribution in [0.3, 0.4) is 0 Å². The Kier molecular flexibility index (Phi) is 2.81. The van der Waals surface area contributed by atoms with E-state index >= 15 is 0 Å². The second-order valence-corrected chi connectivity index (χ2v) is 6.05. The van der Waals surface area contributed by atoms with Crippen LogP contribution in [0.5, 0.6) is 0 Å². The first-order valence-corrected chi connectivity index (χ1v) is 6.11. The number of amides is 1. The summed E-state index contributed by atoms with van der Waals surface area (Å²) in [6.07, 6.45) is 0. The van der Waals surface area contributed by atoms with Crippen LogP contribution >= 0.6 is 11.6 Å². The highest BCUT2D eigenvalue weighted by Gasteiger charge is 2.45. The molecule has 1 aromatic carbocycles. The molecule has 0 unspecified atom stereocenters. The van der Waals surface area contributed by atoms with Gasteiger partial charge in [0.2, 0.25) is 5.91 Å². The molecule has 2 N–H and O–H groups in total. The molecule has 1 amide bonds. The summed E-state index contributed by atoms with van der Waals surface area (Å²) in [6.45, 7) is 7.51. The highest BCUT2D eigenvalue weighted by Crippen LogP contribution is 2.41. The number of hydrogen-bond donors (Lipinski definition) is 2. The fraction of sp³-hybridized carbons (Fsp3) is 0.462. The third kappa shape index (κ3) is 1.85. The monoisotopic (exact) mass is 270 g/mol. The van der Waals surface area contributed by atoms with Gasteiger partial charge in [0.05, 0.1) is 21.8 Å². The van der Waals surface area contributed by atoms with Crippen LogP contribution in [0.2, 0.25) is 5.02 Å². The van der Waals surface area contributed by atoms with Crippen molar-refractivity contribution in [1.29, 1.82) is 0 Å². The number of nitrogens with one attached hydrogen (secondary N) is 2. The molecule has 0 aliphatic carbocycles. The first-order chi connectivity index (χ1) is 8.15. The Morgan fingerprint density at radius 2 is 1.78 bits per heavy atom. The van der Waals surface area contributed by atoms with Gasteiger partial charge in [0, 0.05) is 11.6 Å². The van der Waals surface area contributed by atoms with E-state index in [0.717, 1.165) is 0 Å². The Morgan fingerprint density at radius 3 is 2.39 bits per heavy atom. The summed E-state index contributed by atoms with van der Waals surface area (Å²) >= 11 is 5.73. The SMILES string of the molecule is CC1(C)Nc2cc(F)c(Cl)cc2NC(=O)C1(C)C. The fourth-order valence-corrected chi connectivity index (χ4v) is 1.97. The van der Waals surface area contributed by atoms with Gasteiger partial charge in [-0.3, -0.25) is 4.79 Å². The fourth-order valence-electron chi connectivity index (χ4n) is 1.81. The predicted octanol–water partition coefficient (Wildman–Crippen LogP) is 3.65. The summed E-state index contributed by atoms with van der Waals surface area (Å²) < 4.78 is 13.5. The summed E-state index contributed by atoms with van der Waals surface area (Å²) in [5.41, 5.74) is -0.108. The second kappa shape index (κ2) is 3.85. The largest absolute Gasteiger partial charge is 0.377 e. The van der Waals surface area contributed by atoms with Crippen molar-refractivity contribution in [3.63, 3.8) is 0 Å². The third-order valence-electron chi connectivity index (χ3n) is 3.89. The summed E-state index contributed by atoms with van der Waals surface area (Å²) in [4.78, 5) is 12.2. The van der Waals surface area contributed by atoms with Gasteiger partial charge in [0.15, 0.2) is 0 Å².